The van der Waals surface area contributed by atoms with Crippen molar-refractivity contribution in [2.45, 2.75) is 46.3 Å². The lowest BCUT2D eigenvalue weighted by atomic mass is 10.1. The second kappa shape index (κ2) is 10.7. The van der Waals surface area contributed by atoms with Crippen molar-refractivity contribution in [3.05, 3.63) is 78.2 Å². The minimum absolute atomic E-state index is 0.0592. The van der Waals surface area contributed by atoms with Crippen LogP contribution in [0, 0.1) is 6.92 Å². The number of rotatable bonds is 7. The second-order valence-electron chi connectivity index (χ2n) is 10.0. The van der Waals surface area contributed by atoms with Crippen LogP contribution in [0.1, 0.15) is 44.5 Å². The highest BCUT2D eigenvalue weighted by Crippen LogP contribution is 2.40. The van der Waals surface area contributed by atoms with Crippen molar-refractivity contribution in [3.8, 4) is 11.4 Å². The van der Waals surface area contributed by atoms with Crippen LogP contribution in [0.15, 0.2) is 67.0 Å². The molecule has 5 rings (SSSR count). The molecule has 7 heteroatoms. The third-order valence-corrected chi connectivity index (χ3v) is 6.87. The number of hydrogen-bond acceptors (Lipinski definition) is 6. The van der Waals surface area contributed by atoms with Gasteiger partial charge < -0.3 is 9.64 Å². The standard InChI is InChI=1S/C30H35N5O2/c1-21(2)37-30-22(3)20-24-10-8-14-31-27(24)29(30)34-16-9-15-33(18-19-34)28(23(4)36)26-13-17-35(32-26)25-11-6-5-7-12-25/h5-8,10-14,17,20-21,28H,9,15-16,18-19H2,1-4H3. The quantitative estimate of drug-likeness (QED) is 0.343. The smallest absolute Gasteiger partial charge is 0.153 e. The summed E-state index contributed by atoms with van der Waals surface area (Å²) in [7, 11) is 0. The SMILES string of the molecule is CC(=O)C(c1ccn(-c2ccccc2)n1)N1CCCN(c2c(OC(C)C)c(C)cc3cccnc23)CC1. The summed E-state index contributed by atoms with van der Waals surface area (Å²) >= 11 is 0. The topological polar surface area (TPSA) is 63.5 Å². The number of pyridine rings is 1. The normalized spacial score (nSPS) is 15.6. The predicted octanol–water partition coefficient (Wildman–Crippen LogP) is 5.36. The van der Waals surface area contributed by atoms with Crippen LogP contribution in [-0.4, -0.2) is 57.7 Å². The van der Waals surface area contributed by atoms with Crippen molar-refractivity contribution in [2.75, 3.05) is 31.1 Å². The van der Waals surface area contributed by atoms with Crippen LogP contribution >= 0.6 is 0 Å². The number of para-hydroxylation sites is 1. The molecule has 0 bridgehead atoms. The molecule has 1 fully saturated rings. The summed E-state index contributed by atoms with van der Waals surface area (Å²) in [5.41, 5.74) is 4.89. The largest absolute Gasteiger partial charge is 0.488 e. The van der Waals surface area contributed by atoms with Crippen molar-refractivity contribution in [1.29, 1.82) is 0 Å². The molecule has 2 aromatic carbocycles. The number of anilines is 1. The molecule has 0 aliphatic carbocycles. The van der Waals surface area contributed by atoms with Gasteiger partial charge in [0.05, 0.1) is 23.0 Å². The molecule has 1 aliphatic rings. The first kappa shape index (κ1) is 25.0. The molecular formula is C30H35N5O2. The van der Waals surface area contributed by atoms with Crippen LogP contribution in [0.2, 0.25) is 0 Å². The minimum Gasteiger partial charge on any atom is -0.488 e. The van der Waals surface area contributed by atoms with Crippen LogP contribution < -0.4 is 9.64 Å². The Morgan fingerprint density at radius 1 is 1.00 bits per heavy atom. The average Bonchev–Trinajstić information content (AvgIpc) is 3.24. The molecule has 2 aromatic heterocycles. The van der Waals surface area contributed by atoms with Gasteiger partial charge in [0.2, 0.25) is 0 Å². The number of carbonyl (C=O) groups is 1. The molecule has 192 valence electrons. The highest BCUT2D eigenvalue weighted by molar-refractivity contribution is 5.95. The highest BCUT2D eigenvalue weighted by atomic mass is 16.5. The van der Waals surface area contributed by atoms with E-state index in [0.717, 1.165) is 71.9 Å². The third-order valence-electron chi connectivity index (χ3n) is 6.87. The summed E-state index contributed by atoms with van der Waals surface area (Å²) in [5.74, 6) is 1.01. The zero-order valence-corrected chi connectivity index (χ0v) is 22.1. The van der Waals surface area contributed by atoms with Gasteiger partial charge in [0.15, 0.2) is 5.78 Å². The van der Waals surface area contributed by atoms with Crippen LogP contribution in [-0.2, 0) is 4.79 Å². The molecule has 0 N–H and O–H groups in total. The first-order valence-corrected chi connectivity index (χ1v) is 13.1. The van der Waals surface area contributed by atoms with Crippen molar-refractivity contribution in [3.63, 3.8) is 0 Å². The molecule has 0 amide bonds. The van der Waals surface area contributed by atoms with Gasteiger partial charge in [0, 0.05) is 44.0 Å². The highest BCUT2D eigenvalue weighted by Gasteiger charge is 2.30. The predicted molar refractivity (Wildman–Crippen MR) is 148 cm³/mol. The van der Waals surface area contributed by atoms with E-state index in [-0.39, 0.29) is 17.9 Å². The number of carbonyl (C=O) groups excluding carboxylic acids is 1. The van der Waals surface area contributed by atoms with E-state index in [1.54, 1.807) is 6.92 Å². The van der Waals surface area contributed by atoms with Crippen molar-refractivity contribution in [2.24, 2.45) is 0 Å². The molecule has 0 radical (unpaired) electrons. The number of benzene rings is 2. The lowest BCUT2D eigenvalue weighted by molar-refractivity contribution is -0.122. The van der Waals surface area contributed by atoms with Gasteiger partial charge in [0.25, 0.3) is 0 Å². The van der Waals surface area contributed by atoms with Crippen LogP contribution in [0.5, 0.6) is 5.75 Å². The average molecular weight is 498 g/mol. The molecule has 1 unspecified atom stereocenters. The Bertz CT molecular complexity index is 1380. The maximum absolute atomic E-state index is 12.9. The summed E-state index contributed by atoms with van der Waals surface area (Å²) < 4.78 is 8.19. The van der Waals surface area contributed by atoms with E-state index in [9.17, 15) is 4.79 Å². The number of fused-ring (bicyclic) bond motifs is 1. The first-order chi connectivity index (χ1) is 17.9. The molecule has 0 saturated carbocycles. The Morgan fingerprint density at radius 2 is 1.81 bits per heavy atom. The van der Waals surface area contributed by atoms with Crippen molar-refractivity contribution >= 4 is 22.4 Å². The van der Waals surface area contributed by atoms with Gasteiger partial charge in [-0.3, -0.25) is 14.7 Å². The molecule has 1 saturated heterocycles. The number of hydrogen-bond donors (Lipinski definition) is 0. The zero-order chi connectivity index (χ0) is 25.9. The Hall–Kier alpha value is -3.71. The van der Waals surface area contributed by atoms with Crippen LogP contribution in [0.3, 0.4) is 0 Å². The van der Waals surface area contributed by atoms with Gasteiger partial charge in [-0.2, -0.15) is 5.10 Å². The maximum atomic E-state index is 12.9. The zero-order valence-electron chi connectivity index (χ0n) is 22.1. The van der Waals surface area contributed by atoms with Gasteiger partial charge >= 0.3 is 0 Å². The number of aryl methyl sites for hydroxylation is 1. The van der Waals surface area contributed by atoms with E-state index in [0.29, 0.717) is 0 Å². The third kappa shape index (κ3) is 5.23. The van der Waals surface area contributed by atoms with Gasteiger partial charge in [-0.1, -0.05) is 24.3 Å². The molecular weight excluding hydrogens is 462 g/mol. The van der Waals surface area contributed by atoms with Crippen molar-refractivity contribution < 1.29 is 9.53 Å². The number of ether oxygens (including phenoxy) is 1. The van der Waals surface area contributed by atoms with Crippen LogP contribution in [0.4, 0.5) is 5.69 Å². The Balaban J connectivity index is 1.44. The minimum atomic E-state index is -0.372. The molecule has 7 nitrogen and oxygen atoms in total. The Morgan fingerprint density at radius 3 is 2.57 bits per heavy atom. The summed E-state index contributed by atoms with van der Waals surface area (Å²) in [4.78, 5) is 22.3. The fourth-order valence-corrected chi connectivity index (χ4v) is 5.28. The second-order valence-corrected chi connectivity index (χ2v) is 10.0. The van der Waals surface area contributed by atoms with E-state index in [1.807, 2.05) is 59.5 Å². The molecule has 3 heterocycles. The van der Waals surface area contributed by atoms with E-state index in [2.05, 4.69) is 42.7 Å². The Labute approximate surface area is 218 Å². The van der Waals surface area contributed by atoms with Crippen LogP contribution in [0.25, 0.3) is 16.6 Å². The monoisotopic (exact) mass is 497 g/mol. The molecule has 1 atom stereocenters. The van der Waals surface area contributed by atoms with Gasteiger partial charge in [-0.05, 0) is 70.0 Å². The number of nitrogens with zero attached hydrogens (tertiary/aromatic N) is 5. The lowest BCUT2D eigenvalue weighted by Crippen LogP contribution is -2.37. The summed E-state index contributed by atoms with van der Waals surface area (Å²) in [6.07, 6.45) is 4.76. The fourth-order valence-electron chi connectivity index (χ4n) is 5.28. The summed E-state index contributed by atoms with van der Waals surface area (Å²) in [5, 5.41) is 5.91. The molecule has 0 spiro atoms. The van der Waals surface area contributed by atoms with Gasteiger partial charge in [-0.25, -0.2) is 4.68 Å². The van der Waals surface area contributed by atoms with E-state index in [4.69, 9.17) is 14.8 Å². The van der Waals surface area contributed by atoms with E-state index < -0.39 is 0 Å². The van der Waals surface area contributed by atoms with Crippen molar-refractivity contribution in [1.82, 2.24) is 19.7 Å². The molecule has 37 heavy (non-hydrogen) atoms. The summed E-state index contributed by atoms with van der Waals surface area (Å²) in [6, 6.07) is 17.8. The fraction of sp³-hybridized carbons (Fsp3) is 0.367. The molecule has 4 aromatic rings. The first-order valence-electron chi connectivity index (χ1n) is 13.1. The number of Topliss-reactive ketones (excluding diaryl/α,β-unsaturated/α-hetero) is 1. The van der Waals surface area contributed by atoms with E-state index in [1.165, 1.54) is 0 Å². The molecule has 1 aliphatic heterocycles. The number of ketones is 1. The maximum Gasteiger partial charge on any atom is 0.153 e. The summed E-state index contributed by atoms with van der Waals surface area (Å²) in [6.45, 7) is 11.1. The Kier molecular flexibility index (Phi) is 7.24. The van der Waals surface area contributed by atoms with E-state index >= 15 is 0 Å². The van der Waals surface area contributed by atoms with Gasteiger partial charge in [0.1, 0.15) is 17.5 Å². The lowest BCUT2D eigenvalue weighted by Gasteiger charge is -2.30. The van der Waals surface area contributed by atoms with Gasteiger partial charge in [-0.15, -0.1) is 0 Å². The number of aromatic nitrogens is 3.